The molecule has 0 atom stereocenters. The summed E-state index contributed by atoms with van der Waals surface area (Å²) in [7, 11) is 0. The van der Waals surface area contributed by atoms with Gasteiger partial charge in [0.1, 0.15) is 5.82 Å². The van der Waals surface area contributed by atoms with Crippen LogP contribution in [-0.2, 0) is 9.59 Å². The molecule has 4 nitrogen and oxygen atoms in total. The Bertz CT molecular complexity index is 524. The van der Waals surface area contributed by atoms with E-state index in [2.05, 4.69) is 0 Å². The summed E-state index contributed by atoms with van der Waals surface area (Å²) in [6.07, 6.45) is -0.158. The van der Waals surface area contributed by atoms with Gasteiger partial charge in [-0.2, -0.15) is 0 Å². The molecule has 17 heavy (non-hydrogen) atoms. The SMILES string of the molecule is CC(=O)c1cc(F)ccc1N1CC(=O)CC1=O. The number of ketones is 2. The van der Waals surface area contributed by atoms with Gasteiger partial charge in [0.15, 0.2) is 11.6 Å². The van der Waals surface area contributed by atoms with Crippen LogP contribution in [0.2, 0.25) is 0 Å². The van der Waals surface area contributed by atoms with Gasteiger partial charge in [0.2, 0.25) is 5.91 Å². The number of hydrogen-bond acceptors (Lipinski definition) is 3. The second-order valence-electron chi connectivity index (χ2n) is 3.91. The fourth-order valence-electron chi connectivity index (χ4n) is 1.83. The van der Waals surface area contributed by atoms with Gasteiger partial charge in [0, 0.05) is 5.56 Å². The molecule has 1 aliphatic heterocycles. The molecule has 1 aliphatic rings. The van der Waals surface area contributed by atoms with E-state index in [1.54, 1.807) is 0 Å². The molecule has 0 aromatic heterocycles. The van der Waals surface area contributed by atoms with E-state index in [9.17, 15) is 18.8 Å². The summed E-state index contributed by atoms with van der Waals surface area (Å²) in [5.41, 5.74) is 0.419. The lowest BCUT2D eigenvalue weighted by Crippen LogP contribution is -2.26. The van der Waals surface area contributed by atoms with Gasteiger partial charge < -0.3 is 4.90 Å². The van der Waals surface area contributed by atoms with Crippen LogP contribution in [0.4, 0.5) is 10.1 Å². The minimum absolute atomic E-state index is 0.0508. The molecule has 1 fully saturated rings. The zero-order valence-electron chi connectivity index (χ0n) is 9.20. The van der Waals surface area contributed by atoms with E-state index in [1.165, 1.54) is 17.9 Å². The van der Waals surface area contributed by atoms with Gasteiger partial charge in [-0.15, -0.1) is 0 Å². The number of Topliss-reactive ketones (excluding diaryl/α,β-unsaturated/α-hetero) is 2. The average Bonchev–Trinajstić information content (AvgIpc) is 2.57. The second-order valence-corrected chi connectivity index (χ2v) is 3.91. The van der Waals surface area contributed by atoms with E-state index in [-0.39, 0.29) is 36.0 Å². The lowest BCUT2D eigenvalue weighted by atomic mass is 10.1. The lowest BCUT2D eigenvalue weighted by Gasteiger charge is -2.17. The van der Waals surface area contributed by atoms with Crippen molar-refractivity contribution in [3.8, 4) is 0 Å². The highest BCUT2D eigenvalue weighted by molar-refractivity contribution is 6.17. The Morgan fingerprint density at radius 2 is 2.06 bits per heavy atom. The molecule has 0 aliphatic carbocycles. The number of anilines is 1. The zero-order chi connectivity index (χ0) is 12.6. The highest BCUT2D eigenvalue weighted by atomic mass is 19.1. The van der Waals surface area contributed by atoms with Crippen LogP contribution in [0, 0.1) is 5.82 Å². The first-order valence-electron chi connectivity index (χ1n) is 5.11. The van der Waals surface area contributed by atoms with E-state index < -0.39 is 5.82 Å². The predicted octanol–water partition coefficient (Wildman–Crippen LogP) is 1.33. The van der Waals surface area contributed by atoms with Gasteiger partial charge in [-0.3, -0.25) is 14.4 Å². The van der Waals surface area contributed by atoms with Crippen molar-refractivity contribution in [2.75, 3.05) is 11.4 Å². The monoisotopic (exact) mass is 235 g/mol. The van der Waals surface area contributed by atoms with E-state index in [1.807, 2.05) is 0 Å². The van der Waals surface area contributed by atoms with Gasteiger partial charge >= 0.3 is 0 Å². The van der Waals surface area contributed by atoms with Crippen LogP contribution in [-0.4, -0.2) is 24.0 Å². The summed E-state index contributed by atoms with van der Waals surface area (Å²) in [4.78, 5) is 35.3. The normalized spacial score (nSPS) is 15.5. The summed E-state index contributed by atoms with van der Waals surface area (Å²) < 4.78 is 13.0. The molecular formula is C12H10FNO3. The Kier molecular flexibility index (Phi) is 2.75. The number of amides is 1. The minimum atomic E-state index is -0.545. The minimum Gasteiger partial charge on any atom is -0.304 e. The highest BCUT2D eigenvalue weighted by Crippen LogP contribution is 2.25. The van der Waals surface area contributed by atoms with Crippen LogP contribution < -0.4 is 4.90 Å². The number of halogens is 1. The largest absolute Gasteiger partial charge is 0.304 e. The van der Waals surface area contributed by atoms with Crippen LogP contribution >= 0.6 is 0 Å². The van der Waals surface area contributed by atoms with E-state index >= 15 is 0 Å². The molecule has 5 heteroatoms. The first-order chi connectivity index (χ1) is 7.99. The average molecular weight is 235 g/mol. The Morgan fingerprint density at radius 3 is 2.59 bits per heavy atom. The fourth-order valence-corrected chi connectivity index (χ4v) is 1.83. The molecule has 2 rings (SSSR count). The maximum absolute atomic E-state index is 13.0. The molecule has 0 spiro atoms. The molecular weight excluding hydrogens is 225 g/mol. The van der Waals surface area contributed by atoms with Crippen LogP contribution in [0.15, 0.2) is 18.2 Å². The number of nitrogens with zero attached hydrogens (tertiary/aromatic N) is 1. The molecule has 88 valence electrons. The van der Waals surface area contributed by atoms with Crippen LogP contribution in [0.1, 0.15) is 23.7 Å². The van der Waals surface area contributed by atoms with Gasteiger partial charge in [-0.1, -0.05) is 0 Å². The molecule has 0 saturated carbocycles. The van der Waals surface area contributed by atoms with Crippen molar-refractivity contribution < 1.29 is 18.8 Å². The van der Waals surface area contributed by atoms with Crippen molar-refractivity contribution in [1.82, 2.24) is 0 Å². The number of hydrogen-bond donors (Lipinski definition) is 0. The van der Waals surface area contributed by atoms with Crippen molar-refractivity contribution >= 4 is 23.2 Å². The first kappa shape index (κ1) is 11.4. The summed E-state index contributed by atoms with van der Waals surface area (Å²) >= 11 is 0. The molecule has 0 N–H and O–H groups in total. The smallest absolute Gasteiger partial charge is 0.234 e. The summed E-state index contributed by atoms with van der Waals surface area (Å²) in [5, 5.41) is 0. The number of carbonyl (C=O) groups is 3. The zero-order valence-corrected chi connectivity index (χ0v) is 9.20. The third kappa shape index (κ3) is 2.08. The standard InChI is InChI=1S/C12H10FNO3/c1-7(15)10-4-8(13)2-3-11(10)14-6-9(16)5-12(14)17/h2-4H,5-6H2,1H3. The molecule has 0 unspecified atom stereocenters. The first-order valence-corrected chi connectivity index (χ1v) is 5.11. The van der Waals surface area contributed by atoms with Gasteiger partial charge in [-0.25, -0.2) is 4.39 Å². The summed E-state index contributed by atoms with van der Waals surface area (Å²) in [6, 6.07) is 3.59. The third-order valence-corrected chi connectivity index (χ3v) is 2.61. The molecule has 1 amide bonds. The maximum Gasteiger partial charge on any atom is 0.234 e. The number of rotatable bonds is 2. The van der Waals surface area contributed by atoms with Crippen molar-refractivity contribution in [3.05, 3.63) is 29.6 Å². The molecule has 1 saturated heterocycles. The van der Waals surface area contributed by atoms with E-state index in [0.717, 1.165) is 12.1 Å². The second kappa shape index (κ2) is 4.08. The van der Waals surface area contributed by atoms with Crippen molar-refractivity contribution in [3.63, 3.8) is 0 Å². The van der Waals surface area contributed by atoms with Crippen molar-refractivity contribution in [2.24, 2.45) is 0 Å². The molecule has 0 bridgehead atoms. The third-order valence-electron chi connectivity index (χ3n) is 2.61. The van der Waals surface area contributed by atoms with Gasteiger partial charge in [0.05, 0.1) is 18.7 Å². The van der Waals surface area contributed by atoms with E-state index in [4.69, 9.17) is 0 Å². The van der Waals surface area contributed by atoms with Crippen LogP contribution in [0.5, 0.6) is 0 Å². The Hall–Kier alpha value is -2.04. The predicted molar refractivity (Wildman–Crippen MR) is 58.4 cm³/mol. The van der Waals surface area contributed by atoms with E-state index in [0.29, 0.717) is 5.69 Å². The summed E-state index contributed by atoms with van der Waals surface area (Å²) in [6.45, 7) is 1.24. The summed E-state index contributed by atoms with van der Waals surface area (Å²) in [5.74, 6) is -1.44. The van der Waals surface area contributed by atoms with Gasteiger partial charge in [0.25, 0.3) is 0 Å². The Labute approximate surface area is 97.0 Å². The van der Waals surface area contributed by atoms with Crippen molar-refractivity contribution in [1.29, 1.82) is 0 Å². The van der Waals surface area contributed by atoms with Crippen LogP contribution in [0.25, 0.3) is 0 Å². The number of benzene rings is 1. The maximum atomic E-state index is 13.0. The quantitative estimate of drug-likeness (QED) is 0.574. The topological polar surface area (TPSA) is 54.5 Å². The fraction of sp³-hybridized carbons (Fsp3) is 0.250. The lowest BCUT2D eigenvalue weighted by molar-refractivity contribution is -0.121. The molecule has 1 aromatic rings. The molecule has 0 radical (unpaired) electrons. The highest BCUT2D eigenvalue weighted by Gasteiger charge is 2.30. The van der Waals surface area contributed by atoms with Crippen LogP contribution in [0.3, 0.4) is 0 Å². The molecule has 1 aromatic carbocycles. The Morgan fingerprint density at radius 1 is 1.35 bits per heavy atom. The molecule has 1 heterocycles. The van der Waals surface area contributed by atoms with Crippen molar-refractivity contribution in [2.45, 2.75) is 13.3 Å². The Balaban J connectivity index is 2.48. The number of carbonyl (C=O) groups excluding carboxylic acids is 3. The van der Waals surface area contributed by atoms with Gasteiger partial charge in [-0.05, 0) is 25.1 Å².